The van der Waals surface area contributed by atoms with Crippen molar-refractivity contribution in [3.8, 4) is 0 Å². The molecule has 1 aliphatic heterocycles. The van der Waals surface area contributed by atoms with Crippen molar-refractivity contribution in [3.05, 3.63) is 33.8 Å². The standard InChI is InChI=1S/C17H23N5O3S/c1-10-8-15(23)20-17(18-10)26-11(2)16(24)22-6-4-13(5-7-22)9-14-19-12(3)25-21-14/h8,11,13H,4-7,9H2,1-3H3,(H,18,20,23)/t11-/m1/s1. The largest absolute Gasteiger partial charge is 0.342 e. The highest BCUT2D eigenvalue weighted by atomic mass is 32.2. The van der Waals surface area contributed by atoms with E-state index in [9.17, 15) is 9.59 Å². The van der Waals surface area contributed by atoms with Crippen LogP contribution in [0.1, 0.15) is 37.2 Å². The first-order valence-corrected chi connectivity index (χ1v) is 9.61. The molecule has 0 spiro atoms. The van der Waals surface area contributed by atoms with E-state index >= 15 is 0 Å². The molecule has 1 aliphatic rings. The first kappa shape index (κ1) is 18.6. The second-order valence-electron chi connectivity index (χ2n) is 6.65. The Hall–Kier alpha value is -2.16. The SMILES string of the molecule is Cc1cc(=O)[nH]c(S[C@H](C)C(=O)N2CCC(Cc3noc(C)n3)CC2)n1. The number of H-pyrrole nitrogens is 1. The molecular weight excluding hydrogens is 354 g/mol. The Labute approximate surface area is 155 Å². The molecule has 0 bridgehead atoms. The molecule has 140 valence electrons. The number of aromatic nitrogens is 4. The number of amides is 1. The van der Waals surface area contributed by atoms with Crippen LogP contribution in [0.5, 0.6) is 0 Å². The number of piperidine rings is 1. The summed E-state index contributed by atoms with van der Waals surface area (Å²) in [5.41, 5.74) is 0.450. The van der Waals surface area contributed by atoms with Crippen molar-refractivity contribution in [1.29, 1.82) is 0 Å². The number of rotatable bonds is 5. The predicted octanol–water partition coefficient (Wildman–Crippen LogP) is 1.73. The van der Waals surface area contributed by atoms with Crippen LogP contribution in [0.2, 0.25) is 0 Å². The number of thioether (sulfide) groups is 1. The van der Waals surface area contributed by atoms with E-state index in [1.54, 1.807) is 13.8 Å². The molecular formula is C17H23N5O3S. The first-order chi connectivity index (χ1) is 12.4. The molecule has 3 rings (SSSR count). The monoisotopic (exact) mass is 377 g/mol. The summed E-state index contributed by atoms with van der Waals surface area (Å²) >= 11 is 1.29. The minimum absolute atomic E-state index is 0.0769. The molecule has 2 aromatic rings. The van der Waals surface area contributed by atoms with E-state index in [1.165, 1.54) is 17.8 Å². The summed E-state index contributed by atoms with van der Waals surface area (Å²) in [6, 6.07) is 1.44. The molecule has 1 saturated heterocycles. The fraction of sp³-hybridized carbons (Fsp3) is 0.588. The van der Waals surface area contributed by atoms with Crippen LogP contribution < -0.4 is 5.56 Å². The van der Waals surface area contributed by atoms with Crippen molar-refractivity contribution in [2.75, 3.05) is 13.1 Å². The molecule has 0 radical (unpaired) electrons. The quantitative estimate of drug-likeness (QED) is 0.625. The summed E-state index contributed by atoms with van der Waals surface area (Å²) in [5, 5.41) is 4.14. The zero-order chi connectivity index (χ0) is 18.7. The average Bonchev–Trinajstić information content (AvgIpc) is 2.99. The molecule has 8 nitrogen and oxygen atoms in total. The van der Waals surface area contributed by atoms with Crippen LogP contribution in [-0.2, 0) is 11.2 Å². The van der Waals surface area contributed by atoms with Gasteiger partial charge in [-0.25, -0.2) is 4.98 Å². The molecule has 26 heavy (non-hydrogen) atoms. The van der Waals surface area contributed by atoms with Gasteiger partial charge < -0.3 is 14.4 Å². The van der Waals surface area contributed by atoms with Gasteiger partial charge in [-0.15, -0.1) is 0 Å². The van der Waals surface area contributed by atoms with E-state index < -0.39 is 0 Å². The zero-order valence-corrected chi connectivity index (χ0v) is 16.0. The Bertz CT molecular complexity index is 826. The molecule has 0 aromatic carbocycles. The number of nitrogens with zero attached hydrogens (tertiary/aromatic N) is 4. The van der Waals surface area contributed by atoms with E-state index in [0.29, 0.717) is 22.7 Å². The number of carbonyl (C=O) groups excluding carboxylic acids is 1. The zero-order valence-electron chi connectivity index (χ0n) is 15.2. The third-order valence-electron chi connectivity index (χ3n) is 4.45. The van der Waals surface area contributed by atoms with Gasteiger partial charge in [0.2, 0.25) is 11.8 Å². The fourth-order valence-corrected chi connectivity index (χ4v) is 4.06. The van der Waals surface area contributed by atoms with Crippen molar-refractivity contribution >= 4 is 17.7 Å². The van der Waals surface area contributed by atoms with Gasteiger partial charge in [0.15, 0.2) is 11.0 Å². The molecule has 1 fully saturated rings. The maximum Gasteiger partial charge on any atom is 0.251 e. The highest BCUT2D eigenvalue weighted by Crippen LogP contribution is 2.25. The number of hydrogen-bond donors (Lipinski definition) is 1. The Balaban J connectivity index is 1.51. The van der Waals surface area contributed by atoms with Gasteiger partial charge in [-0.2, -0.15) is 4.98 Å². The number of aryl methyl sites for hydroxylation is 2. The summed E-state index contributed by atoms with van der Waals surface area (Å²) in [6.45, 7) is 6.85. The third-order valence-corrected chi connectivity index (χ3v) is 5.42. The van der Waals surface area contributed by atoms with Crippen LogP contribution in [0.15, 0.2) is 20.5 Å². The van der Waals surface area contributed by atoms with Crippen molar-refractivity contribution in [2.24, 2.45) is 5.92 Å². The molecule has 0 unspecified atom stereocenters. The lowest BCUT2D eigenvalue weighted by Gasteiger charge is -2.33. The highest BCUT2D eigenvalue weighted by Gasteiger charge is 2.27. The minimum Gasteiger partial charge on any atom is -0.342 e. The topological polar surface area (TPSA) is 105 Å². The summed E-state index contributed by atoms with van der Waals surface area (Å²) in [5.74, 6) is 1.87. The Kier molecular flexibility index (Phi) is 5.75. The maximum atomic E-state index is 12.7. The summed E-state index contributed by atoms with van der Waals surface area (Å²) in [4.78, 5) is 37.3. The van der Waals surface area contributed by atoms with Crippen LogP contribution in [0.3, 0.4) is 0 Å². The van der Waals surface area contributed by atoms with E-state index in [-0.39, 0.29) is 16.7 Å². The molecule has 1 amide bonds. The lowest BCUT2D eigenvalue weighted by atomic mass is 9.93. The van der Waals surface area contributed by atoms with Gasteiger partial charge in [-0.1, -0.05) is 16.9 Å². The van der Waals surface area contributed by atoms with Crippen LogP contribution in [-0.4, -0.2) is 49.3 Å². The summed E-state index contributed by atoms with van der Waals surface area (Å²) in [7, 11) is 0. The van der Waals surface area contributed by atoms with Gasteiger partial charge in [-0.05, 0) is 32.6 Å². The average molecular weight is 377 g/mol. The number of hydrogen-bond acceptors (Lipinski definition) is 7. The van der Waals surface area contributed by atoms with Crippen LogP contribution in [0.4, 0.5) is 0 Å². The van der Waals surface area contributed by atoms with Gasteiger partial charge in [0.1, 0.15) is 0 Å². The van der Waals surface area contributed by atoms with E-state index in [2.05, 4.69) is 20.1 Å². The summed E-state index contributed by atoms with van der Waals surface area (Å²) in [6.07, 6.45) is 2.64. The van der Waals surface area contributed by atoms with Crippen molar-refractivity contribution in [1.82, 2.24) is 25.0 Å². The van der Waals surface area contributed by atoms with Gasteiger partial charge >= 0.3 is 0 Å². The fourth-order valence-electron chi connectivity index (χ4n) is 3.12. The Morgan fingerprint density at radius 1 is 1.38 bits per heavy atom. The van der Waals surface area contributed by atoms with Gasteiger partial charge in [0.05, 0.1) is 5.25 Å². The molecule has 2 aromatic heterocycles. The van der Waals surface area contributed by atoms with Crippen molar-refractivity contribution in [3.63, 3.8) is 0 Å². The third kappa shape index (κ3) is 4.72. The second-order valence-corrected chi connectivity index (χ2v) is 7.98. The Morgan fingerprint density at radius 2 is 2.12 bits per heavy atom. The Morgan fingerprint density at radius 3 is 2.73 bits per heavy atom. The number of carbonyl (C=O) groups is 1. The first-order valence-electron chi connectivity index (χ1n) is 8.73. The van der Waals surface area contributed by atoms with Gasteiger partial charge in [0.25, 0.3) is 5.56 Å². The van der Waals surface area contributed by atoms with Crippen LogP contribution >= 0.6 is 11.8 Å². The van der Waals surface area contributed by atoms with Gasteiger partial charge in [-0.3, -0.25) is 9.59 Å². The normalized spacial score (nSPS) is 16.7. The van der Waals surface area contributed by atoms with Gasteiger partial charge in [0, 0.05) is 38.2 Å². The lowest BCUT2D eigenvalue weighted by molar-refractivity contribution is -0.131. The van der Waals surface area contributed by atoms with E-state index in [0.717, 1.165) is 38.2 Å². The van der Waals surface area contributed by atoms with E-state index in [4.69, 9.17) is 4.52 Å². The number of aromatic amines is 1. The lowest BCUT2D eigenvalue weighted by Crippen LogP contribution is -2.42. The molecule has 0 saturated carbocycles. The maximum absolute atomic E-state index is 12.7. The molecule has 9 heteroatoms. The van der Waals surface area contributed by atoms with Crippen molar-refractivity contribution in [2.45, 2.75) is 50.4 Å². The number of likely N-dealkylation sites (tertiary alicyclic amines) is 1. The van der Waals surface area contributed by atoms with E-state index in [1.807, 2.05) is 11.8 Å². The predicted molar refractivity (Wildman–Crippen MR) is 97.0 cm³/mol. The summed E-state index contributed by atoms with van der Waals surface area (Å²) < 4.78 is 5.01. The smallest absolute Gasteiger partial charge is 0.251 e. The highest BCUT2D eigenvalue weighted by molar-refractivity contribution is 8.00. The molecule has 3 heterocycles. The van der Waals surface area contributed by atoms with Crippen LogP contribution in [0, 0.1) is 19.8 Å². The van der Waals surface area contributed by atoms with Crippen LogP contribution in [0.25, 0.3) is 0 Å². The molecule has 1 N–H and O–H groups in total. The minimum atomic E-state index is -0.295. The molecule has 1 atom stereocenters. The van der Waals surface area contributed by atoms with Crippen molar-refractivity contribution < 1.29 is 9.32 Å². The number of nitrogens with one attached hydrogen (secondary N) is 1. The second kappa shape index (κ2) is 8.03. The molecule has 0 aliphatic carbocycles.